The molecule has 0 radical (unpaired) electrons. The van der Waals surface area contributed by atoms with Crippen LogP contribution in [0.15, 0.2) is 12.2 Å². The molecule has 2 N–H and O–H groups in total. The molecule has 2 rings (SSSR count). The molecule has 2 saturated heterocycles. The number of hydrogen-bond acceptors (Lipinski definition) is 2. The molecule has 3 heteroatoms. The maximum Gasteiger partial charge on any atom is 0.0763 e. The van der Waals surface area contributed by atoms with Gasteiger partial charge in [-0.25, -0.2) is 0 Å². The molecule has 1 atom stereocenters. The molecular formula is C11H21NO2. The lowest BCUT2D eigenvalue weighted by Gasteiger charge is -2.37. The molecule has 0 aromatic rings. The van der Waals surface area contributed by atoms with E-state index in [0.717, 1.165) is 6.42 Å². The van der Waals surface area contributed by atoms with Crippen LogP contribution in [-0.2, 0) is 4.74 Å². The summed E-state index contributed by atoms with van der Waals surface area (Å²) in [6.07, 6.45) is 3.71. The molecule has 2 aliphatic heterocycles. The van der Waals surface area contributed by atoms with E-state index < -0.39 is 0 Å². The summed E-state index contributed by atoms with van der Waals surface area (Å²) in [6.45, 7) is 8.52. The highest BCUT2D eigenvalue weighted by Gasteiger charge is 2.42. The lowest BCUT2D eigenvalue weighted by Crippen LogP contribution is -2.42. The standard InChI is InChI=1S/C11H19NO.H2O/c1-9-8-11(13-10(9)2)4-6-12(3)7-5-11;/h10H,1,4-8H2,2-3H3;1H2/t10-;/m0./s1. The highest BCUT2D eigenvalue weighted by molar-refractivity contribution is 5.14. The zero-order chi connectivity index (χ0) is 9.47. The second-order valence-corrected chi connectivity index (χ2v) is 4.58. The van der Waals surface area contributed by atoms with Crippen LogP contribution in [0.25, 0.3) is 0 Å². The van der Waals surface area contributed by atoms with Crippen molar-refractivity contribution >= 4 is 0 Å². The number of rotatable bonds is 0. The van der Waals surface area contributed by atoms with Crippen molar-refractivity contribution in [2.75, 3.05) is 20.1 Å². The minimum Gasteiger partial charge on any atom is -0.412 e. The first-order valence-electron chi connectivity index (χ1n) is 5.15. The third-order valence-corrected chi connectivity index (χ3v) is 3.45. The Morgan fingerprint density at radius 3 is 2.43 bits per heavy atom. The van der Waals surface area contributed by atoms with E-state index in [1.807, 2.05) is 0 Å². The van der Waals surface area contributed by atoms with Gasteiger partial charge in [-0.05, 0) is 38.8 Å². The average Bonchev–Trinajstić information content (AvgIpc) is 2.36. The van der Waals surface area contributed by atoms with Gasteiger partial charge >= 0.3 is 0 Å². The maximum atomic E-state index is 6.02. The predicted molar refractivity (Wildman–Crippen MR) is 57.4 cm³/mol. The zero-order valence-electron chi connectivity index (χ0n) is 9.18. The second kappa shape index (κ2) is 4.01. The van der Waals surface area contributed by atoms with Crippen molar-refractivity contribution < 1.29 is 10.2 Å². The van der Waals surface area contributed by atoms with Crippen molar-refractivity contribution in [1.29, 1.82) is 0 Å². The smallest absolute Gasteiger partial charge is 0.0763 e. The van der Waals surface area contributed by atoms with Gasteiger partial charge in [-0.2, -0.15) is 0 Å². The van der Waals surface area contributed by atoms with E-state index in [4.69, 9.17) is 4.74 Å². The van der Waals surface area contributed by atoms with Crippen molar-refractivity contribution in [1.82, 2.24) is 4.90 Å². The number of likely N-dealkylation sites (tertiary alicyclic amines) is 1. The van der Waals surface area contributed by atoms with Crippen LogP contribution in [-0.4, -0.2) is 42.2 Å². The SMILES string of the molecule is C=C1CC2(CCN(C)CC2)O[C@H]1C.O. The molecule has 0 aromatic carbocycles. The molecule has 0 saturated carbocycles. The Labute approximate surface area is 86.0 Å². The van der Waals surface area contributed by atoms with Gasteiger partial charge in [-0.3, -0.25) is 0 Å². The highest BCUT2D eigenvalue weighted by atomic mass is 16.5. The van der Waals surface area contributed by atoms with Crippen LogP contribution in [0.1, 0.15) is 26.2 Å². The third kappa shape index (κ3) is 2.00. The molecule has 0 unspecified atom stereocenters. The minimum atomic E-state index is 0. The van der Waals surface area contributed by atoms with Gasteiger partial charge in [-0.15, -0.1) is 0 Å². The number of hydrogen-bond donors (Lipinski definition) is 0. The number of piperidine rings is 1. The fourth-order valence-corrected chi connectivity index (χ4v) is 2.38. The molecule has 2 aliphatic rings. The van der Waals surface area contributed by atoms with Gasteiger partial charge < -0.3 is 15.1 Å². The van der Waals surface area contributed by atoms with E-state index in [1.54, 1.807) is 0 Å². The van der Waals surface area contributed by atoms with Crippen LogP contribution in [0, 0.1) is 0 Å². The van der Waals surface area contributed by atoms with Gasteiger partial charge in [0.25, 0.3) is 0 Å². The minimum absolute atomic E-state index is 0. The van der Waals surface area contributed by atoms with Gasteiger partial charge in [0, 0.05) is 13.1 Å². The highest BCUT2D eigenvalue weighted by Crippen LogP contribution is 2.40. The first-order valence-corrected chi connectivity index (χ1v) is 5.15. The van der Waals surface area contributed by atoms with Gasteiger partial charge in [-0.1, -0.05) is 6.58 Å². The van der Waals surface area contributed by atoms with Gasteiger partial charge in [0.15, 0.2) is 0 Å². The van der Waals surface area contributed by atoms with E-state index in [-0.39, 0.29) is 17.2 Å². The van der Waals surface area contributed by atoms with Gasteiger partial charge in [0.1, 0.15) is 0 Å². The van der Waals surface area contributed by atoms with Crippen LogP contribution in [0.3, 0.4) is 0 Å². The molecule has 14 heavy (non-hydrogen) atoms. The molecule has 82 valence electrons. The Morgan fingerprint density at radius 2 is 2.00 bits per heavy atom. The molecule has 1 spiro atoms. The summed E-state index contributed by atoms with van der Waals surface area (Å²) in [6, 6.07) is 0. The van der Waals surface area contributed by atoms with Crippen molar-refractivity contribution in [2.24, 2.45) is 0 Å². The van der Waals surface area contributed by atoms with Crippen LogP contribution < -0.4 is 0 Å². The summed E-state index contributed by atoms with van der Waals surface area (Å²) >= 11 is 0. The predicted octanol–water partition coefficient (Wildman–Crippen LogP) is 0.991. The van der Waals surface area contributed by atoms with E-state index in [0.29, 0.717) is 0 Å². The van der Waals surface area contributed by atoms with Crippen molar-refractivity contribution in [3.63, 3.8) is 0 Å². The normalized spacial score (nSPS) is 31.9. The Hall–Kier alpha value is -0.380. The summed E-state index contributed by atoms with van der Waals surface area (Å²) in [5, 5.41) is 0. The lowest BCUT2D eigenvalue weighted by atomic mass is 9.87. The summed E-state index contributed by atoms with van der Waals surface area (Å²) in [5.74, 6) is 0. The average molecular weight is 199 g/mol. The van der Waals surface area contributed by atoms with Gasteiger partial charge in [0.2, 0.25) is 0 Å². The molecule has 0 aliphatic carbocycles. The van der Waals surface area contributed by atoms with E-state index in [2.05, 4.69) is 25.5 Å². The molecular weight excluding hydrogens is 178 g/mol. The fraction of sp³-hybridized carbons (Fsp3) is 0.818. The van der Waals surface area contributed by atoms with Crippen LogP contribution in [0.5, 0.6) is 0 Å². The molecule has 0 amide bonds. The fourth-order valence-electron chi connectivity index (χ4n) is 2.38. The maximum absolute atomic E-state index is 6.02. The Balaban J connectivity index is 0.000000980. The number of ether oxygens (including phenoxy) is 1. The molecule has 3 nitrogen and oxygen atoms in total. The summed E-state index contributed by atoms with van der Waals surface area (Å²) in [4.78, 5) is 2.38. The van der Waals surface area contributed by atoms with E-state index in [9.17, 15) is 0 Å². The Morgan fingerprint density at radius 1 is 1.43 bits per heavy atom. The second-order valence-electron chi connectivity index (χ2n) is 4.58. The topological polar surface area (TPSA) is 44.0 Å². The first-order chi connectivity index (χ1) is 6.11. The molecule has 0 bridgehead atoms. The Kier molecular flexibility index (Phi) is 3.35. The van der Waals surface area contributed by atoms with Gasteiger partial charge in [0.05, 0.1) is 11.7 Å². The van der Waals surface area contributed by atoms with Crippen molar-refractivity contribution in [2.45, 2.75) is 37.9 Å². The first kappa shape index (κ1) is 11.7. The van der Waals surface area contributed by atoms with Crippen LogP contribution in [0.2, 0.25) is 0 Å². The lowest BCUT2D eigenvalue weighted by molar-refractivity contribution is -0.0667. The van der Waals surface area contributed by atoms with Crippen molar-refractivity contribution in [3.8, 4) is 0 Å². The molecule has 2 fully saturated rings. The third-order valence-electron chi connectivity index (χ3n) is 3.45. The number of nitrogens with zero attached hydrogens (tertiary/aromatic N) is 1. The molecule has 2 heterocycles. The summed E-state index contributed by atoms with van der Waals surface area (Å²) in [5.41, 5.74) is 1.44. The van der Waals surface area contributed by atoms with E-state index >= 15 is 0 Å². The Bertz CT molecular complexity index is 219. The van der Waals surface area contributed by atoms with E-state index in [1.165, 1.54) is 31.5 Å². The molecule has 0 aromatic heterocycles. The summed E-state index contributed by atoms with van der Waals surface area (Å²) in [7, 11) is 2.18. The zero-order valence-corrected chi connectivity index (χ0v) is 9.18. The van der Waals surface area contributed by atoms with Crippen LogP contribution >= 0.6 is 0 Å². The largest absolute Gasteiger partial charge is 0.412 e. The monoisotopic (exact) mass is 199 g/mol. The summed E-state index contributed by atoms with van der Waals surface area (Å²) < 4.78 is 6.02. The van der Waals surface area contributed by atoms with Crippen LogP contribution in [0.4, 0.5) is 0 Å². The van der Waals surface area contributed by atoms with Crippen molar-refractivity contribution in [3.05, 3.63) is 12.2 Å². The quantitative estimate of drug-likeness (QED) is 0.546.